The van der Waals surface area contributed by atoms with Gasteiger partial charge in [0.25, 0.3) is 5.91 Å². The largest absolute Gasteiger partial charge is 0.361 e. The first-order valence-corrected chi connectivity index (χ1v) is 11.6. The van der Waals surface area contributed by atoms with E-state index in [2.05, 4.69) is 47.1 Å². The Bertz CT molecular complexity index is 1080. The van der Waals surface area contributed by atoms with E-state index in [4.69, 9.17) is 5.41 Å². The van der Waals surface area contributed by atoms with E-state index < -0.39 is 0 Å². The molecule has 1 aliphatic heterocycles. The van der Waals surface area contributed by atoms with Crippen LogP contribution in [0.2, 0.25) is 0 Å². The van der Waals surface area contributed by atoms with Gasteiger partial charge < -0.3 is 20.2 Å². The zero-order valence-electron chi connectivity index (χ0n) is 19.4. The zero-order valence-corrected chi connectivity index (χ0v) is 19.4. The van der Waals surface area contributed by atoms with Gasteiger partial charge in [0.05, 0.1) is 0 Å². The number of hydrogen-bond acceptors (Lipinski definition) is 3. The van der Waals surface area contributed by atoms with Crippen molar-refractivity contribution in [3.05, 3.63) is 71.4 Å². The number of fused-ring (bicyclic) bond motifs is 1. The number of H-pyrrole nitrogens is 1. The van der Waals surface area contributed by atoms with Crippen LogP contribution < -0.4 is 0 Å². The molecular formula is C27H34N4O. The molecule has 1 aromatic heterocycles. The summed E-state index contributed by atoms with van der Waals surface area (Å²) in [5.41, 5.74) is 4.94. The quantitative estimate of drug-likeness (QED) is 0.513. The van der Waals surface area contributed by atoms with Crippen molar-refractivity contribution < 1.29 is 4.79 Å². The van der Waals surface area contributed by atoms with Crippen LogP contribution in [-0.4, -0.2) is 59.6 Å². The molecule has 3 aromatic rings. The second-order valence-corrected chi connectivity index (χ2v) is 9.35. The maximum absolute atomic E-state index is 13.1. The van der Waals surface area contributed by atoms with E-state index in [1.807, 2.05) is 43.4 Å². The van der Waals surface area contributed by atoms with E-state index >= 15 is 0 Å². The first-order chi connectivity index (χ1) is 15.4. The fraction of sp³-hybridized carbons (Fsp3) is 0.407. The van der Waals surface area contributed by atoms with Gasteiger partial charge in [-0.3, -0.25) is 4.79 Å². The van der Waals surface area contributed by atoms with Gasteiger partial charge in [0.2, 0.25) is 0 Å². The number of likely N-dealkylation sites (tertiary alicyclic amines) is 1. The van der Waals surface area contributed by atoms with Crippen LogP contribution in [0.5, 0.6) is 0 Å². The Kier molecular flexibility index (Phi) is 6.75. The molecule has 0 saturated carbocycles. The Morgan fingerprint density at radius 1 is 1.16 bits per heavy atom. The molecule has 2 heterocycles. The molecule has 5 nitrogen and oxygen atoms in total. The molecule has 168 valence electrons. The fourth-order valence-corrected chi connectivity index (χ4v) is 4.63. The molecule has 2 aromatic carbocycles. The summed E-state index contributed by atoms with van der Waals surface area (Å²) in [5.74, 6) is 0.654. The minimum atomic E-state index is 0.113. The second kappa shape index (κ2) is 9.70. The summed E-state index contributed by atoms with van der Waals surface area (Å²) in [6.45, 7) is 3.74. The zero-order chi connectivity index (χ0) is 22.7. The molecule has 0 radical (unpaired) electrons. The Balaban J connectivity index is 1.40. The summed E-state index contributed by atoms with van der Waals surface area (Å²) in [6, 6.07) is 16.9. The number of hydrogen-bond donors (Lipinski definition) is 2. The fourth-order valence-electron chi connectivity index (χ4n) is 4.63. The first-order valence-electron chi connectivity index (χ1n) is 11.6. The van der Waals surface area contributed by atoms with Crippen LogP contribution in [0.4, 0.5) is 0 Å². The topological polar surface area (TPSA) is 63.2 Å². The second-order valence-electron chi connectivity index (χ2n) is 9.35. The van der Waals surface area contributed by atoms with E-state index in [9.17, 15) is 4.79 Å². The summed E-state index contributed by atoms with van der Waals surface area (Å²) in [5, 5.41) is 9.49. The van der Waals surface area contributed by atoms with Crippen LogP contribution in [0.3, 0.4) is 0 Å². The van der Waals surface area contributed by atoms with Gasteiger partial charge in [0, 0.05) is 60.3 Å². The summed E-state index contributed by atoms with van der Waals surface area (Å²) in [7, 11) is 4.10. The highest BCUT2D eigenvalue weighted by Crippen LogP contribution is 2.29. The van der Waals surface area contributed by atoms with Crippen LogP contribution in [0, 0.1) is 5.41 Å². The van der Waals surface area contributed by atoms with Crippen molar-refractivity contribution in [3.63, 3.8) is 0 Å². The summed E-state index contributed by atoms with van der Waals surface area (Å²) in [4.78, 5) is 20.6. The van der Waals surface area contributed by atoms with Gasteiger partial charge in [-0.05, 0) is 63.0 Å². The van der Waals surface area contributed by atoms with Crippen molar-refractivity contribution >= 4 is 22.5 Å². The molecule has 1 aliphatic rings. The number of nitrogens with one attached hydrogen (secondary N) is 2. The van der Waals surface area contributed by atoms with Crippen LogP contribution in [0.15, 0.2) is 54.7 Å². The number of rotatable bonds is 7. The molecule has 5 heteroatoms. The highest BCUT2D eigenvalue weighted by molar-refractivity contribution is 5.99. The molecule has 1 saturated heterocycles. The summed E-state index contributed by atoms with van der Waals surface area (Å²) in [6.07, 6.45) is 5.41. The van der Waals surface area contributed by atoms with Crippen LogP contribution in [0.1, 0.15) is 53.6 Å². The minimum absolute atomic E-state index is 0.113. The number of carbonyl (C=O) groups is 1. The molecule has 1 amide bonds. The normalized spacial score (nSPS) is 15.9. The Hall–Kier alpha value is -2.92. The number of aromatic nitrogens is 1. The van der Waals surface area contributed by atoms with Crippen molar-refractivity contribution in [2.75, 3.05) is 27.2 Å². The van der Waals surface area contributed by atoms with Crippen LogP contribution >= 0.6 is 0 Å². The molecular weight excluding hydrogens is 396 g/mol. The SMILES string of the molecule is CC(CC(=N)Cc1c[nH]c2cc(C(=O)N3CCC(c4ccccc4)CC3)ccc12)N(C)C. The highest BCUT2D eigenvalue weighted by atomic mass is 16.2. The van der Waals surface area contributed by atoms with E-state index in [1.54, 1.807) is 0 Å². The number of aromatic amines is 1. The Labute approximate surface area is 190 Å². The third-order valence-electron chi connectivity index (χ3n) is 6.89. The predicted molar refractivity (Wildman–Crippen MR) is 132 cm³/mol. The van der Waals surface area contributed by atoms with E-state index in [1.165, 1.54) is 5.56 Å². The lowest BCUT2D eigenvalue weighted by atomic mass is 9.89. The molecule has 32 heavy (non-hydrogen) atoms. The molecule has 4 rings (SSSR count). The Morgan fingerprint density at radius 2 is 1.88 bits per heavy atom. The lowest BCUT2D eigenvalue weighted by Gasteiger charge is -2.32. The molecule has 1 fully saturated rings. The standard InChI is InChI=1S/C27H34N4O/c1-19(30(2)3)15-24(28)16-23-18-29-26-17-22(9-10-25(23)26)27(32)31-13-11-21(12-14-31)20-7-5-4-6-8-20/h4-10,17-19,21,28-29H,11-16H2,1-3H3. The highest BCUT2D eigenvalue weighted by Gasteiger charge is 2.25. The number of benzene rings is 2. The average molecular weight is 431 g/mol. The molecule has 2 N–H and O–H groups in total. The van der Waals surface area contributed by atoms with E-state index in [-0.39, 0.29) is 5.91 Å². The number of nitrogens with zero attached hydrogens (tertiary/aromatic N) is 2. The molecule has 1 atom stereocenters. The Morgan fingerprint density at radius 3 is 2.56 bits per heavy atom. The van der Waals surface area contributed by atoms with Gasteiger partial charge >= 0.3 is 0 Å². The number of piperidine rings is 1. The van der Waals surface area contributed by atoms with Crippen molar-refractivity contribution in [2.24, 2.45) is 0 Å². The van der Waals surface area contributed by atoms with Gasteiger partial charge in [0.1, 0.15) is 0 Å². The monoisotopic (exact) mass is 430 g/mol. The van der Waals surface area contributed by atoms with Crippen molar-refractivity contribution in [1.82, 2.24) is 14.8 Å². The molecule has 0 bridgehead atoms. The third kappa shape index (κ3) is 4.94. The number of carbonyl (C=O) groups excluding carboxylic acids is 1. The number of amides is 1. The van der Waals surface area contributed by atoms with Gasteiger partial charge in [-0.15, -0.1) is 0 Å². The predicted octanol–water partition coefficient (Wildman–Crippen LogP) is 5.09. The van der Waals surface area contributed by atoms with Crippen molar-refractivity contribution in [1.29, 1.82) is 5.41 Å². The maximum atomic E-state index is 13.1. The third-order valence-corrected chi connectivity index (χ3v) is 6.89. The van der Waals surface area contributed by atoms with Crippen LogP contribution in [0.25, 0.3) is 10.9 Å². The molecule has 1 unspecified atom stereocenters. The van der Waals surface area contributed by atoms with Crippen molar-refractivity contribution in [2.45, 2.75) is 44.6 Å². The summed E-state index contributed by atoms with van der Waals surface area (Å²) >= 11 is 0. The first kappa shape index (κ1) is 22.3. The lowest BCUT2D eigenvalue weighted by molar-refractivity contribution is 0.0713. The van der Waals surface area contributed by atoms with E-state index in [0.29, 0.717) is 18.4 Å². The van der Waals surface area contributed by atoms with Gasteiger partial charge in [-0.25, -0.2) is 0 Å². The van der Waals surface area contributed by atoms with Crippen molar-refractivity contribution in [3.8, 4) is 0 Å². The summed E-state index contributed by atoms with van der Waals surface area (Å²) < 4.78 is 0. The maximum Gasteiger partial charge on any atom is 0.253 e. The average Bonchev–Trinajstić information content (AvgIpc) is 3.21. The van der Waals surface area contributed by atoms with Gasteiger partial charge in [-0.1, -0.05) is 36.4 Å². The lowest BCUT2D eigenvalue weighted by Crippen LogP contribution is -2.37. The van der Waals surface area contributed by atoms with E-state index in [0.717, 1.165) is 60.1 Å². The van der Waals surface area contributed by atoms with Gasteiger partial charge in [-0.2, -0.15) is 0 Å². The smallest absolute Gasteiger partial charge is 0.253 e. The molecule has 0 aliphatic carbocycles. The van der Waals surface area contributed by atoms with Gasteiger partial charge in [0.15, 0.2) is 0 Å². The van der Waals surface area contributed by atoms with Crippen LogP contribution in [-0.2, 0) is 6.42 Å². The minimum Gasteiger partial charge on any atom is -0.361 e. The molecule has 0 spiro atoms.